The van der Waals surface area contributed by atoms with Gasteiger partial charge in [0.1, 0.15) is 5.76 Å². The smallest absolute Gasteiger partial charge is 0.324 e. The standard InChI is InChI=1S/C28H40N4O5/c1-6-30-12-8-13-31(27(33)29-24-10-14-37-20(24)3)11-7-9-22-15-19(2)26-21(18-32(22)28(30)34)16-23(35-4)17-25(26)36-5/h10,14-16,19,25H,6-9,11-13,17-18H2,1-5H3,(H,29,33). The number of nitrogens with zero attached hydrogens (tertiary/aromatic N) is 3. The monoisotopic (exact) mass is 512 g/mol. The quantitative estimate of drug-likeness (QED) is 0.604. The fourth-order valence-electron chi connectivity index (χ4n) is 5.55. The van der Waals surface area contributed by atoms with Crippen LogP contribution in [0.4, 0.5) is 15.3 Å². The second kappa shape index (κ2) is 11.9. The van der Waals surface area contributed by atoms with Crippen molar-refractivity contribution in [3.63, 3.8) is 0 Å². The van der Waals surface area contributed by atoms with E-state index in [-0.39, 0.29) is 24.1 Å². The first-order chi connectivity index (χ1) is 17.9. The predicted molar refractivity (Wildman–Crippen MR) is 142 cm³/mol. The first kappa shape index (κ1) is 26.9. The van der Waals surface area contributed by atoms with Gasteiger partial charge in [-0.1, -0.05) is 13.0 Å². The maximum atomic E-state index is 13.8. The molecule has 4 amide bonds. The van der Waals surface area contributed by atoms with E-state index in [0.717, 1.165) is 23.5 Å². The van der Waals surface area contributed by atoms with Crippen LogP contribution in [0.2, 0.25) is 0 Å². The Morgan fingerprint density at radius 1 is 1.22 bits per heavy atom. The van der Waals surface area contributed by atoms with E-state index in [1.807, 2.05) is 28.5 Å². The molecule has 3 aliphatic rings. The zero-order chi connectivity index (χ0) is 26.5. The molecule has 2 atom stereocenters. The van der Waals surface area contributed by atoms with Crippen LogP contribution in [0.5, 0.6) is 0 Å². The Balaban J connectivity index is 1.60. The molecule has 2 unspecified atom stereocenters. The fourth-order valence-corrected chi connectivity index (χ4v) is 5.55. The summed E-state index contributed by atoms with van der Waals surface area (Å²) in [6, 6.07) is 1.63. The highest BCUT2D eigenvalue weighted by atomic mass is 16.5. The number of methoxy groups -OCH3 is 2. The van der Waals surface area contributed by atoms with Crippen LogP contribution in [0.15, 0.2) is 51.5 Å². The lowest BCUT2D eigenvalue weighted by atomic mass is 9.85. The van der Waals surface area contributed by atoms with Crippen LogP contribution in [0.25, 0.3) is 0 Å². The highest BCUT2D eigenvalue weighted by Gasteiger charge is 2.34. The second-order valence-corrected chi connectivity index (χ2v) is 9.88. The molecule has 0 saturated carbocycles. The number of carbonyl (C=O) groups is 2. The number of aryl methyl sites for hydroxylation is 1. The number of ether oxygens (including phenoxy) is 2. The number of furan rings is 1. The first-order valence-corrected chi connectivity index (χ1v) is 13.2. The predicted octanol–water partition coefficient (Wildman–Crippen LogP) is 5.13. The molecule has 9 nitrogen and oxygen atoms in total. The van der Waals surface area contributed by atoms with Gasteiger partial charge in [0.15, 0.2) is 0 Å². The van der Waals surface area contributed by atoms with Crippen LogP contribution in [0.1, 0.15) is 45.3 Å². The summed E-state index contributed by atoms with van der Waals surface area (Å²) in [6.07, 6.45) is 8.63. The Morgan fingerprint density at radius 2 is 2.00 bits per heavy atom. The Kier molecular flexibility index (Phi) is 8.63. The Morgan fingerprint density at radius 3 is 2.68 bits per heavy atom. The molecule has 9 heteroatoms. The summed E-state index contributed by atoms with van der Waals surface area (Å²) in [5, 5.41) is 2.97. The van der Waals surface area contributed by atoms with Gasteiger partial charge in [0, 0.05) is 57.4 Å². The van der Waals surface area contributed by atoms with Crippen molar-refractivity contribution in [2.45, 2.75) is 52.6 Å². The van der Waals surface area contributed by atoms with Crippen LogP contribution >= 0.6 is 0 Å². The van der Waals surface area contributed by atoms with Crippen molar-refractivity contribution in [3.8, 4) is 0 Å². The molecule has 0 aromatic carbocycles. The zero-order valence-corrected chi connectivity index (χ0v) is 22.7. The number of rotatable bonds is 4. The Bertz CT molecular complexity index is 1090. The molecule has 4 rings (SSSR count). The van der Waals surface area contributed by atoms with E-state index in [9.17, 15) is 9.59 Å². The summed E-state index contributed by atoms with van der Waals surface area (Å²) < 4.78 is 16.8. The highest BCUT2D eigenvalue weighted by molar-refractivity contribution is 5.89. The highest BCUT2D eigenvalue weighted by Crippen LogP contribution is 2.37. The van der Waals surface area contributed by atoms with E-state index in [1.165, 1.54) is 5.57 Å². The minimum Gasteiger partial charge on any atom is -0.501 e. The molecular formula is C28H40N4O5. The molecule has 0 spiro atoms. The SMILES string of the molecule is CCN1CCCN(C(=O)Nc2ccoc2C)CCCC2=CC(C)C3=C(C=C(OC)CC3OC)CN2C1=O. The number of amides is 4. The number of allylic oxidation sites excluding steroid dienone is 2. The molecule has 202 valence electrons. The summed E-state index contributed by atoms with van der Waals surface area (Å²) in [7, 11) is 3.41. The molecular weight excluding hydrogens is 472 g/mol. The van der Waals surface area contributed by atoms with Crippen molar-refractivity contribution in [1.29, 1.82) is 0 Å². The molecule has 37 heavy (non-hydrogen) atoms. The lowest BCUT2D eigenvalue weighted by Crippen LogP contribution is -2.44. The number of carbonyl (C=O) groups excluding carboxylic acids is 2. The summed E-state index contributed by atoms with van der Waals surface area (Å²) in [4.78, 5) is 32.6. The van der Waals surface area contributed by atoms with Gasteiger partial charge < -0.3 is 29.0 Å². The molecule has 0 radical (unpaired) electrons. The third-order valence-corrected chi connectivity index (χ3v) is 7.58. The van der Waals surface area contributed by atoms with Gasteiger partial charge in [-0.2, -0.15) is 0 Å². The van der Waals surface area contributed by atoms with Gasteiger partial charge in [-0.05, 0) is 50.3 Å². The number of fused-ring (bicyclic) bond motifs is 1. The van der Waals surface area contributed by atoms with E-state index >= 15 is 0 Å². The van der Waals surface area contributed by atoms with Gasteiger partial charge in [-0.15, -0.1) is 0 Å². The Labute approximate surface area is 219 Å². The number of nitrogens with one attached hydrogen (secondary N) is 1. The van der Waals surface area contributed by atoms with Gasteiger partial charge in [0.2, 0.25) is 0 Å². The second-order valence-electron chi connectivity index (χ2n) is 9.88. The van der Waals surface area contributed by atoms with Crippen molar-refractivity contribution in [2.24, 2.45) is 5.92 Å². The summed E-state index contributed by atoms with van der Waals surface area (Å²) in [5.74, 6) is 1.67. The van der Waals surface area contributed by atoms with E-state index in [2.05, 4.69) is 24.4 Å². The molecule has 1 aromatic heterocycles. The maximum absolute atomic E-state index is 13.8. The van der Waals surface area contributed by atoms with E-state index in [1.54, 1.807) is 26.5 Å². The van der Waals surface area contributed by atoms with Gasteiger partial charge in [0.25, 0.3) is 0 Å². The van der Waals surface area contributed by atoms with Crippen LogP contribution in [0, 0.1) is 12.8 Å². The van der Waals surface area contributed by atoms with Gasteiger partial charge in [-0.3, -0.25) is 4.90 Å². The number of hydrogen-bond acceptors (Lipinski definition) is 5. The summed E-state index contributed by atoms with van der Waals surface area (Å²) in [6.45, 7) is 8.84. The van der Waals surface area contributed by atoms with Crippen LogP contribution in [0.3, 0.4) is 0 Å². The number of anilines is 1. The molecule has 3 heterocycles. The molecule has 1 fully saturated rings. The molecule has 1 saturated heterocycles. The van der Waals surface area contributed by atoms with Crippen molar-refractivity contribution in [2.75, 3.05) is 52.3 Å². The third-order valence-electron chi connectivity index (χ3n) is 7.58. The molecule has 0 bridgehead atoms. The van der Waals surface area contributed by atoms with Crippen LogP contribution in [-0.2, 0) is 9.47 Å². The minimum absolute atomic E-state index is 0.00790. The average Bonchev–Trinajstić information content (AvgIpc) is 3.22. The largest absolute Gasteiger partial charge is 0.501 e. The molecule has 1 aliphatic carbocycles. The molecule has 2 aliphatic heterocycles. The van der Waals surface area contributed by atoms with Crippen molar-refractivity contribution < 1.29 is 23.5 Å². The average molecular weight is 513 g/mol. The van der Waals surface area contributed by atoms with E-state index in [0.29, 0.717) is 63.4 Å². The number of hydrogen-bond donors (Lipinski definition) is 1. The minimum atomic E-state index is -0.143. The molecule has 1 aromatic rings. The Hall–Kier alpha value is -3.20. The van der Waals surface area contributed by atoms with Gasteiger partial charge in [0.05, 0.1) is 37.5 Å². The van der Waals surface area contributed by atoms with Crippen LogP contribution < -0.4 is 5.32 Å². The lowest BCUT2D eigenvalue weighted by Gasteiger charge is -2.32. The third kappa shape index (κ3) is 5.87. The normalized spacial score (nSPS) is 23.4. The van der Waals surface area contributed by atoms with Crippen molar-refractivity contribution in [3.05, 3.63) is 52.8 Å². The molecule has 1 N–H and O–H groups in total. The van der Waals surface area contributed by atoms with Gasteiger partial charge >= 0.3 is 12.1 Å². The maximum Gasteiger partial charge on any atom is 0.324 e. The topological polar surface area (TPSA) is 87.5 Å². The summed E-state index contributed by atoms with van der Waals surface area (Å²) >= 11 is 0. The summed E-state index contributed by atoms with van der Waals surface area (Å²) in [5.41, 5.74) is 3.98. The van der Waals surface area contributed by atoms with E-state index < -0.39 is 0 Å². The lowest BCUT2D eigenvalue weighted by molar-refractivity contribution is 0.105. The van der Waals surface area contributed by atoms with Crippen LogP contribution in [-0.4, -0.2) is 79.8 Å². The fraction of sp³-hybridized carbons (Fsp3) is 0.571. The van der Waals surface area contributed by atoms with Crippen molar-refractivity contribution in [1.82, 2.24) is 14.7 Å². The van der Waals surface area contributed by atoms with Crippen molar-refractivity contribution >= 4 is 17.7 Å². The number of urea groups is 2. The van der Waals surface area contributed by atoms with E-state index in [4.69, 9.17) is 13.9 Å². The zero-order valence-electron chi connectivity index (χ0n) is 22.7. The first-order valence-electron chi connectivity index (χ1n) is 13.2. The van der Waals surface area contributed by atoms with Gasteiger partial charge in [-0.25, -0.2) is 9.59 Å².